The predicted molar refractivity (Wildman–Crippen MR) is 176 cm³/mol. The third-order valence-electron chi connectivity index (χ3n) is 8.62. The van der Waals surface area contributed by atoms with E-state index in [9.17, 15) is 28.8 Å². The van der Waals surface area contributed by atoms with E-state index in [1.54, 1.807) is 48.5 Å². The van der Waals surface area contributed by atoms with E-state index in [1.165, 1.54) is 68.8 Å². The number of carbonyl (C=O) groups excluding carboxylic acids is 6. The van der Waals surface area contributed by atoms with Crippen LogP contribution in [-0.4, -0.2) is 48.9 Å². The first-order valence-electron chi connectivity index (χ1n) is 14.9. The second-order valence-electron chi connectivity index (χ2n) is 11.2. The summed E-state index contributed by atoms with van der Waals surface area (Å²) in [6.07, 6.45) is 1.09. The zero-order chi connectivity index (χ0) is 33.7. The van der Waals surface area contributed by atoms with Crippen LogP contribution < -0.4 is 9.47 Å². The van der Waals surface area contributed by atoms with Crippen molar-refractivity contribution in [2.45, 2.75) is 0 Å². The van der Waals surface area contributed by atoms with E-state index in [4.69, 9.17) is 9.47 Å². The summed E-state index contributed by atoms with van der Waals surface area (Å²) in [4.78, 5) is 85.3. The third kappa shape index (κ3) is 4.70. The number of hydrogen-bond acceptors (Lipinski definition) is 8. The summed E-state index contributed by atoms with van der Waals surface area (Å²) in [6, 6.07) is 25.9. The number of ether oxygens (including phenoxy) is 2. The summed E-state index contributed by atoms with van der Waals surface area (Å²) < 4.78 is 10.5. The number of ketones is 6. The Hall–Kier alpha value is -6.54. The molecule has 0 radical (unpaired) electrons. The molecule has 232 valence electrons. The van der Waals surface area contributed by atoms with Gasteiger partial charge in [-0.3, -0.25) is 28.8 Å². The van der Waals surface area contributed by atoms with Gasteiger partial charge in [-0.25, -0.2) is 0 Å². The minimum absolute atomic E-state index is 0.0735. The lowest BCUT2D eigenvalue weighted by Gasteiger charge is -2.26. The molecule has 0 atom stereocenters. The van der Waals surface area contributed by atoms with Gasteiger partial charge in [-0.05, 0) is 60.7 Å². The van der Waals surface area contributed by atoms with Gasteiger partial charge in [0.1, 0.15) is 11.5 Å². The highest BCUT2D eigenvalue weighted by atomic mass is 16.5. The number of methoxy groups -OCH3 is 2. The maximum Gasteiger partial charge on any atom is 0.195 e. The molecule has 2 aliphatic rings. The molecule has 8 heteroatoms. The van der Waals surface area contributed by atoms with Crippen molar-refractivity contribution in [2.24, 2.45) is 0 Å². The number of allylic oxidation sites excluding steroid dienone is 2. The fourth-order valence-electron chi connectivity index (χ4n) is 6.23. The Morgan fingerprint density at radius 1 is 0.500 bits per heavy atom. The van der Waals surface area contributed by atoms with E-state index in [2.05, 4.69) is 0 Å². The van der Waals surface area contributed by atoms with Crippen LogP contribution in [0.3, 0.4) is 0 Å². The molecule has 2 aliphatic carbocycles. The number of hydrogen-bond donors (Lipinski definition) is 0. The van der Waals surface area contributed by atoms with Crippen molar-refractivity contribution in [1.29, 1.82) is 0 Å². The fourth-order valence-corrected chi connectivity index (χ4v) is 6.23. The topological polar surface area (TPSA) is 121 Å². The van der Waals surface area contributed by atoms with Crippen LogP contribution in [0.4, 0.5) is 0 Å². The molecule has 0 saturated carbocycles. The van der Waals surface area contributed by atoms with Gasteiger partial charge in [-0.15, -0.1) is 0 Å². The lowest BCUT2D eigenvalue weighted by molar-refractivity contribution is 0.0969. The zero-order valence-electron chi connectivity index (χ0n) is 25.7. The van der Waals surface area contributed by atoms with Gasteiger partial charge >= 0.3 is 0 Å². The second-order valence-corrected chi connectivity index (χ2v) is 11.2. The van der Waals surface area contributed by atoms with E-state index in [1.807, 2.05) is 0 Å². The summed E-state index contributed by atoms with van der Waals surface area (Å²) in [5, 5.41) is 0. The number of fused-ring (bicyclic) bond motifs is 3. The molecule has 48 heavy (non-hydrogen) atoms. The zero-order valence-corrected chi connectivity index (χ0v) is 25.7. The maximum absolute atomic E-state index is 14.7. The lowest BCUT2D eigenvalue weighted by Crippen LogP contribution is -2.28. The van der Waals surface area contributed by atoms with E-state index < -0.39 is 34.7 Å². The van der Waals surface area contributed by atoms with Crippen LogP contribution in [0, 0.1) is 0 Å². The number of carbonyl (C=O) groups is 6. The Kier molecular flexibility index (Phi) is 7.33. The first kappa shape index (κ1) is 30.1. The molecular formula is C40H24O8. The van der Waals surface area contributed by atoms with Gasteiger partial charge in [0.15, 0.2) is 34.7 Å². The molecular weight excluding hydrogens is 608 g/mol. The molecule has 0 heterocycles. The van der Waals surface area contributed by atoms with Gasteiger partial charge in [-0.1, -0.05) is 48.5 Å². The number of rotatable bonds is 7. The molecule has 5 aromatic carbocycles. The highest BCUT2D eigenvalue weighted by molar-refractivity contribution is 6.42. The Balaban J connectivity index is 1.60. The van der Waals surface area contributed by atoms with Crippen LogP contribution in [0.25, 0.3) is 5.57 Å². The average molecular weight is 633 g/mol. The molecule has 0 aliphatic heterocycles. The molecule has 0 bridgehead atoms. The van der Waals surface area contributed by atoms with Crippen LogP contribution >= 0.6 is 0 Å². The molecule has 8 nitrogen and oxygen atoms in total. The van der Waals surface area contributed by atoms with E-state index in [0.717, 1.165) is 6.08 Å². The Labute approximate surface area is 274 Å². The monoisotopic (exact) mass is 632 g/mol. The summed E-state index contributed by atoms with van der Waals surface area (Å²) in [5.41, 5.74) is -0.683. The number of benzene rings is 5. The summed E-state index contributed by atoms with van der Waals surface area (Å²) in [7, 11) is 2.95. The van der Waals surface area contributed by atoms with Crippen molar-refractivity contribution in [3.05, 3.63) is 170 Å². The largest absolute Gasteiger partial charge is 0.497 e. The molecule has 5 aromatic rings. The minimum atomic E-state index is -0.728. The Morgan fingerprint density at radius 3 is 1.52 bits per heavy atom. The molecule has 7 rings (SSSR count). The smallest absolute Gasteiger partial charge is 0.195 e. The first-order chi connectivity index (χ1) is 23.2. The highest BCUT2D eigenvalue weighted by Crippen LogP contribution is 2.40. The SMILES string of the molecule is COc1ccc(C(=O)c2cc3c(c(C(=O)c4ccc(OC)cc4)c2C2=CC(=O)c4ccccc4C2=O)C(=O)c2ccccc2C3=O)cc1. The molecule has 0 spiro atoms. The van der Waals surface area contributed by atoms with Crippen molar-refractivity contribution in [1.82, 2.24) is 0 Å². The molecule has 0 amide bonds. The van der Waals surface area contributed by atoms with Gasteiger partial charge in [0.2, 0.25) is 0 Å². The quantitative estimate of drug-likeness (QED) is 0.185. The van der Waals surface area contributed by atoms with Crippen LogP contribution in [0.2, 0.25) is 0 Å². The van der Waals surface area contributed by atoms with E-state index in [0.29, 0.717) is 11.5 Å². The Bertz CT molecular complexity index is 2290. The van der Waals surface area contributed by atoms with Gasteiger partial charge in [0.05, 0.1) is 14.2 Å². The van der Waals surface area contributed by atoms with Crippen molar-refractivity contribution in [2.75, 3.05) is 14.2 Å². The lowest BCUT2D eigenvalue weighted by atomic mass is 9.73. The minimum Gasteiger partial charge on any atom is -0.497 e. The molecule has 0 N–H and O–H groups in total. The van der Waals surface area contributed by atoms with E-state index in [-0.39, 0.29) is 66.8 Å². The van der Waals surface area contributed by atoms with Crippen molar-refractivity contribution < 1.29 is 38.2 Å². The van der Waals surface area contributed by atoms with Crippen LogP contribution in [0.5, 0.6) is 11.5 Å². The molecule has 0 aromatic heterocycles. The van der Waals surface area contributed by atoms with E-state index >= 15 is 0 Å². The normalized spacial score (nSPS) is 13.2. The van der Waals surface area contributed by atoms with Gasteiger partial charge in [-0.2, -0.15) is 0 Å². The highest BCUT2D eigenvalue weighted by Gasteiger charge is 2.40. The third-order valence-corrected chi connectivity index (χ3v) is 8.62. The average Bonchev–Trinajstić information content (AvgIpc) is 3.14. The summed E-state index contributed by atoms with van der Waals surface area (Å²) in [5.74, 6) is -2.75. The fraction of sp³-hybridized carbons (Fsp3) is 0.0500. The Morgan fingerprint density at radius 2 is 0.979 bits per heavy atom. The van der Waals surface area contributed by atoms with Gasteiger partial charge < -0.3 is 9.47 Å². The van der Waals surface area contributed by atoms with Crippen molar-refractivity contribution in [3.63, 3.8) is 0 Å². The van der Waals surface area contributed by atoms with Crippen LogP contribution in [0.15, 0.2) is 109 Å². The van der Waals surface area contributed by atoms with Gasteiger partial charge in [0.25, 0.3) is 0 Å². The molecule has 0 fully saturated rings. The van der Waals surface area contributed by atoms with Crippen molar-refractivity contribution >= 4 is 40.3 Å². The summed E-state index contributed by atoms with van der Waals surface area (Å²) in [6.45, 7) is 0. The number of Topliss-reactive ketones (excluding diaryl/α,β-unsaturated/α-hetero) is 1. The van der Waals surface area contributed by atoms with Crippen molar-refractivity contribution in [3.8, 4) is 11.5 Å². The maximum atomic E-state index is 14.7. The first-order valence-corrected chi connectivity index (χ1v) is 14.9. The van der Waals surface area contributed by atoms with Gasteiger partial charge in [0, 0.05) is 66.8 Å². The molecule has 0 saturated heterocycles. The standard InChI is InChI=1S/C40H24O8/c1-47-23-15-11-21(12-16-23)36(42)29-19-30-34(40(46)28-10-6-5-9-27(28)39(30)45)35(37(43)22-13-17-24(48-2)18-14-22)33(29)31-20-32(41)25-7-3-4-8-26(25)38(31)44/h3-20H,1-2H3. The van der Waals surface area contributed by atoms with Crippen LogP contribution in [0.1, 0.15) is 90.0 Å². The predicted octanol–water partition coefficient (Wildman–Crippen LogP) is 6.40. The summed E-state index contributed by atoms with van der Waals surface area (Å²) >= 11 is 0. The van der Waals surface area contributed by atoms with Crippen LogP contribution in [-0.2, 0) is 0 Å². The molecule has 0 unspecified atom stereocenters. The second kappa shape index (κ2) is 11.7.